The number of hydrogen-bond donors (Lipinski definition) is 0. The van der Waals surface area contributed by atoms with E-state index in [4.69, 9.17) is 0 Å². The highest BCUT2D eigenvalue weighted by Gasteiger charge is 2.20. The van der Waals surface area contributed by atoms with Crippen LogP contribution in [-0.2, 0) is 6.42 Å². The van der Waals surface area contributed by atoms with Crippen LogP contribution in [0.1, 0.15) is 37.7 Å². The molecule has 3 heteroatoms. The van der Waals surface area contributed by atoms with Crippen LogP contribution >= 0.6 is 0 Å². The van der Waals surface area contributed by atoms with Crippen LogP contribution in [0, 0.1) is 17.6 Å². The molecule has 1 aromatic rings. The summed E-state index contributed by atoms with van der Waals surface area (Å²) in [6.07, 6.45) is 3.71. The van der Waals surface area contributed by atoms with Gasteiger partial charge in [0, 0.05) is 0 Å². The van der Waals surface area contributed by atoms with E-state index in [0.717, 1.165) is 25.3 Å². The van der Waals surface area contributed by atoms with Gasteiger partial charge in [0.2, 0.25) is 0 Å². The van der Waals surface area contributed by atoms with E-state index >= 15 is 0 Å². The van der Waals surface area contributed by atoms with Crippen LogP contribution in [0.5, 0.6) is 0 Å². The third kappa shape index (κ3) is 3.24. The third-order valence-corrected chi connectivity index (χ3v) is 3.63. The van der Waals surface area contributed by atoms with Gasteiger partial charge < -0.3 is 0 Å². The summed E-state index contributed by atoms with van der Waals surface area (Å²) in [6, 6.07) is 4.29. The highest BCUT2D eigenvalue weighted by atomic mass is 19.2. The summed E-state index contributed by atoms with van der Waals surface area (Å²) < 4.78 is 39.3. The number of alkyl halides is 1. The molecule has 0 unspecified atom stereocenters. The summed E-state index contributed by atoms with van der Waals surface area (Å²) in [5.74, 6) is -1.05. The molecule has 1 aromatic carbocycles. The Morgan fingerprint density at radius 2 is 1.76 bits per heavy atom. The van der Waals surface area contributed by atoms with Crippen LogP contribution in [0.2, 0.25) is 0 Å². The van der Waals surface area contributed by atoms with Crippen LogP contribution in [-0.4, -0.2) is 6.17 Å². The van der Waals surface area contributed by atoms with Gasteiger partial charge >= 0.3 is 0 Å². The first kappa shape index (κ1) is 12.5. The Balaban J connectivity index is 1.87. The number of benzene rings is 1. The van der Waals surface area contributed by atoms with Gasteiger partial charge in [0.05, 0.1) is 0 Å². The van der Waals surface area contributed by atoms with Gasteiger partial charge in [0.15, 0.2) is 11.6 Å². The Kier molecular flexibility index (Phi) is 4.08. The summed E-state index contributed by atoms with van der Waals surface area (Å²) >= 11 is 0. The van der Waals surface area contributed by atoms with Gasteiger partial charge in [-0.05, 0) is 56.1 Å². The molecule has 0 radical (unpaired) electrons. The van der Waals surface area contributed by atoms with Crippen molar-refractivity contribution in [3.8, 4) is 0 Å². The quantitative estimate of drug-likeness (QED) is 0.735. The van der Waals surface area contributed by atoms with E-state index in [-0.39, 0.29) is 0 Å². The van der Waals surface area contributed by atoms with Crippen molar-refractivity contribution in [2.75, 3.05) is 0 Å². The Morgan fingerprint density at radius 3 is 2.47 bits per heavy atom. The number of hydrogen-bond acceptors (Lipinski definition) is 0. The fourth-order valence-electron chi connectivity index (χ4n) is 2.51. The highest BCUT2D eigenvalue weighted by Crippen LogP contribution is 2.29. The SMILES string of the molecule is Fc1cccc(CCC2CCC(F)CC2)c1F. The molecule has 94 valence electrons. The zero-order valence-electron chi connectivity index (χ0n) is 9.76. The summed E-state index contributed by atoms with van der Waals surface area (Å²) in [5.41, 5.74) is 0.437. The molecule has 0 spiro atoms. The number of halogens is 3. The molecule has 0 amide bonds. The van der Waals surface area contributed by atoms with Gasteiger partial charge in [-0.1, -0.05) is 12.1 Å². The minimum absolute atomic E-state index is 0.437. The van der Waals surface area contributed by atoms with E-state index in [1.165, 1.54) is 6.07 Å². The molecule has 0 aliphatic heterocycles. The molecule has 1 aliphatic carbocycles. The van der Waals surface area contributed by atoms with Gasteiger partial charge in [-0.2, -0.15) is 0 Å². The molecule has 1 aliphatic rings. The molecule has 0 saturated heterocycles. The van der Waals surface area contributed by atoms with E-state index in [1.54, 1.807) is 6.07 Å². The standard InChI is InChI=1S/C14H17F3/c15-12-8-5-10(6-9-12)4-7-11-2-1-3-13(16)14(11)17/h1-3,10,12H,4-9H2. The Morgan fingerprint density at radius 1 is 1.06 bits per heavy atom. The van der Waals surface area contributed by atoms with E-state index in [2.05, 4.69) is 0 Å². The monoisotopic (exact) mass is 242 g/mol. The second kappa shape index (κ2) is 5.56. The van der Waals surface area contributed by atoms with Crippen molar-refractivity contribution in [3.05, 3.63) is 35.4 Å². The number of rotatable bonds is 3. The second-order valence-electron chi connectivity index (χ2n) is 4.87. The predicted octanol–water partition coefficient (Wildman–Crippen LogP) is 4.43. The summed E-state index contributed by atoms with van der Waals surface area (Å²) in [4.78, 5) is 0. The maximum absolute atomic E-state index is 13.4. The fourth-order valence-corrected chi connectivity index (χ4v) is 2.51. The highest BCUT2D eigenvalue weighted by molar-refractivity contribution is 5.19. The first-order valence-corrected chi connectivity index (χ1v) is 6.23. The molecule has 1 saturated carbocycles. The van der Waals surface area contributed by atoms with Crippen molar-refractivity contribution in [1.29, 1.82) is 0 Å². The molecular weight excluding hydrogens is 225 g/mol. The normalized spacial score (nSPS) is 24.9. The van der Waals surface area contributed by atoms with Gasteiger partial charge in [-0.3, -0.25) is 0 Å². The molecule has 17 heavy (non-hydrogen) atoms. The molecule has 0 bridgehead atoms. The van der Waals surface area contributed by atoms with Crippen molar-refractivity contribution < 1.29 is 13.2 Å². The number of aryl methyl sites for hydroxylation is 1. The lowest BCUT2D eigenvalue weighted by Crippen LogP contribution is -2.15. The van der Waals surface area contributed by atoms with Gasteiger partial charge in [-0.15, -0.1) is 0 Å². The van der Waals surface area contributed by atoms with E-state index in [9.17, 15) is 13.2 Å². The smallest absolute Gasteiger partial charge is 0.162 e. The Hall–Kier alpha value is -0.990. The van der Waals surface area contributed by atoms with Crippen molar-refractivity contribution in [3.63, 3.8) is 0 Å². The molecule has 0 atom stereocenters. The zero-order chi connectivity index (χ0) is 12.3. The van der Waals surface area contributed by atoms with Gasteiger partial charge in [-0.25, -0.2) is 13.2 Å². The van der Waals surface area contributed by atoms with Crippen molar-refractivity contribution in [1.82, 2.24) is 0 Å². The van der Waals surface area contributed by atoms with Crippen LogP contribution in [0.3, 0.4) is 0 Å². The topological polar surface area (TPSA) is 0 Å². The summed E-state index contributed by atoms with van der Waals surface area (Å²) in [5, 5.41) is 0. The van der Waals surface area contributed by atoms with Crippen LogP contribution in [0.25, 0.3) is 0 Å². The van der Waals surface area contributed by atoms with Gasteiger partial charge in [0.1, 0.15) is 6.17 Å². The maximum Gasteiger partial charge on any atom is 0.162 e. The zero-order valence-corrected chi connectivity index (χ0v) is 9.76. The molecule has 0 N–H and O–H groups in total. The van der Waals surface area contributed by atoms with Crippen molar-refractivity contribution in [2.24, 2.45) is 5.92 Å². The first-order valence-electron chi connectivity index (χ1n) is 6.23. The minimum atomic E-state index is -0.782. The lowest BCUT2D eigenvalue weighted by atomic mass is 9.84. The fraction of sp³-hybridized carbons (Fsp3) is 0.571. The van der Waals surface area contributed by atoms with E-state index < -0.39 is 17.8 Å². The van der Waals surface area contributed by atoms with Crippen LogP contribution in [0.15, 0.2) is 18.2 Å². The predicted molar refractivity (Wildman–Crippen MR) is 61.5 cm³/mol. The Bertz CT molecular complexity index is 368. The maximum atomic E-state index is 13.4. The lowest BCUT2D eigenvalue weighted by Gasteiger charge is -2.24. The molecule has 0 heterocycles. The second-order valence-corrected chi connectivity index (χ2v) is 4.87. The van der Waals surface area contributed by atoms with E-state index in [0.29, 0.717) is 30.7 Å². The summed E-state index contributed by atoms with van der Waals surface area (Å²) in [6.45, 7) is 0. The van der Waals surface area contributed by atoms with E-state index in [1.807, 2.05) is 0 Å². The largest absolute Gasteiger partial charge is 0.247 e. The van der Waals surface area contributed by atoms with Crippen LogP contribution < -0.4 is 0 Å². The molecule has 2 rings (SSSR count). The van der Waals surface area contributed by atoms with Crippen molar-refractivity contribution >= 4 is 0 Å². The third-order valence-electron chi connectivity index (χ3n) is 3.63. The molecule has 0 aromatic heterocycles. The van der Waals surface area contributed by atoms with Crippen LogP contribution in [0.4, 0.5) is 13.2 Å². The molecular formula is C14H17F3. The Labute approximate surface area is 99.8 Å². The van der Waals surface area contributed by atoms with Gasteiger partial charge in [0.25, 0.3) is 0 Å². The average Bonchev–Trinajstić information content (AvgIpc) is 2.33. The summed E-state index contributed by atoms with van der Waals surface area (Å²) in [7, 11) is 0. The van der Waals surface area contributed by atoms with Crippen molar-refractivity contribution in [2.45, 2.75) is 44.7 Å². The molecule has 1 fully saturated rings. The first-order chi connectivity index (χ1) is 8.16. The molecule has 0 nitrogen and oxygen atoms in total. The average molecular weight is 242 g/mol. The minimum Gasteiger partial charge on any atom is -0.247 e. The lowest BCUT2D eigenvalue weighted by molar-refractivity contribution is 0.201.